The van der Waals surface area contributed by atoms with Crippen LogP contribution in [0, 0.1) is 0 Å². The van der Waals surface area contributed by atoms with Crippen LogP contribution in [0.2, 0.25) is 0 Å². The van der Waals surface area contributed by atoms with Gasteiger partial charge in [0.1, 0.15) is 11.5 Å². The number of methoxy groups -OCH3 is 2. The van der Waals surface area contributed by atoms with Crippen LogP contribution in [0.5, 0.6) is 11.5 Å². The molecule has 6 nitrogen and oxygen atoms in total. The van der Waals surface area contributed by atoms with E-state index in [0.29, 0.717) is 11.3 Å². The first-order chi connectivity index (χ1) is 14.6. The number of ether oxygens (including phenoxy) is 3. The van der Waals surface area contributed by atoms with E-state index in [4.69, 9.17) is 14.2 Å². The predicted octanol–water partition coefficient (Wildman–Crippen LogP) is 3.77. The van der Waals surface area contributed by atoms with Gasteiger partial charge in [-0.15, -0.1) is 0 Å². The van der Waals surface area contributed by atoms with Crippen LogP contribution >= 0.6 is 0 Å². The van der Waals surface area contributed by atoms with Crippen LogP contribution in [0.4, 0.5) is 0 Å². The molecule has 0 radical (unpaired) electrons. The molecule has 0 aliphatic carbocycles. The molecule has 0 aliphatic rings. The van der Waals surface area contributed by atoms with Crippen molar-refractivity contribution in [1.29, 1.82) is 0 Å². The molecule has 154 valence electrons. The second kappa shape index (κ2) is 10.1. The number of benzene rings is 3. The lowest BCUT2D eigenvalue weighted by atomic mass is 9.98. The first-order valence-corrected chi connectivity index (χ1v) is 9.40. The summed E-state index contributed by atoms with van der Waals surface area (Å²) in [6.07, 6.45) is 0. The highest BCUT2D eigenvalue weighted by atomic mass is 16.5. The van der Waals surface area contributed by atoms with Gasteiger partial charge < -0.3 is 19.5 Å². The summed E-state index contributed by atoms with van der Waals surface area (Å²) in [7, 11) is 3.11. The van der Waals surface area contributed by atoms with Crippen molar-refractivity contribution >= 4 is 11.9 Å². The second-order valence-electron chi connectivity index (χ2n) is 6.49. The van der Waals surface area contributed by atoms with Crippen molar-refractivity contribution in [3.8, 4) is 11.5 Å². The molecule has 0 saturated heterocycles. The summed E-state index contributed by atoms with van der Waals surface area (Å²) in [5.74, 6) is 0.266. The number of hydrogen-bond acceptors (Lipinski definition) is 5. The summed E-state index contributed by atoms with van der Waals surface area (Å²) < 4.78 is 15.5. The maximum Gasteiger partial charge on any atom is 0.338 e. The van der Waals surface area contributed by atoms with E-state index in [2.05, 4.69) is 5.32 Å². The van der Waals surface area contributed by atoms with Gasteiger partial charge in [-0.05, 0) is 41.5 Å². The van der Waals surface area contributed by atoms with Crippen LogP contribution in [-0.2, 0) is 9.53 Å². The van der Waals surface area contributed by atoms with Crippen molar-refractivity contribution in [3.63, 3.8) is 0 Å². The van der Waals surface area contributed by atoms with Crippen LogP contribution in [0.15, 0.2) is 78.9 Å². The van der Waals surface area contributed by atoms with Gasteiger partial charge in [-0.2, -0.15) is 0 Å². The Labute approximate surface area is 175 Å². The third-order valence-corrected chi connectivity index (χ3v) is 4.53. The van der Waals surface area contributed by atoms with Crippen LogP contribution in [0.25, 0.3) is 0 Å². The van der Waals surface area contributed by atoms with E-state index in [1.54, 1.807) is 31.4 Å². The molecule has 0 bridgehead atoms. The Morgan fingerprint density at radius 2 is 1.47 bits per heavy atom. The standard InChI is InChI=1S/C24H23NO5/c1-28-20-13-11-18(12-14-20)23(17-7-4-3-5-8-17)25-22(26)16-30-24(27)19-9-6-10-21(15-19)29-2/h3-15,23H,16H2,1-2H3,(H,25,26)/t23-/m0/s1. The highest BCUT2D eigenvalue weighted by molar-refractivity contribution is 5.91. The average molecular weight is 405 g/mol. The fraction of sp³-hybridized carbons (Fsp3) is 0.167. The molecule has 1 atom stereocenters. The number of carbonyl (C=O) groups excluding carboxylic acids is 2. The Balaban J connectivity index is 1.69. The van der Waals surface area contributed by atoms with E-state index >= 15 is 0 Å². The Morgan fingerprint density at radius 3 is 2.13 bits per heavy atom. The minimum atomic E-state index is -0.593. The molecule has 3 rings (SSSR count). The third-order valence-electron chi connectivity index (χ3n) is 4.53. The minimum Gasteiger partial charge on any atom is -0.497 e. The van der Waals surface area contributed by atoms with Crippen molar-refractivity contribution in [1.82, 2.24) is 5.32 Å². The maximum atomic E-state index is 12.5. The van der Waals surface area contributed by atoms with Crippen molar-refractivity contribution in [2.45, 2.75) is 6.04 Å². The summed E-state index contributed by atoms with van der Waals surface area (Å²) in [6, 6.07) is 23.2. The van der Waals surface area contributed by atoms with Crippen molar-refractivity contribution in [2.75, 3.05) is 20.8 Å². The molecular weight excluding hydrogens is 382 g/mol. The average Bonchev–Trinajstić information content (AvgIpc) is 2.81. The van der Waals surface area contributed by atoms with Crippen LogP contribution < -0.4 is 14.8 Å². The minimum absolute atomic E-state index is 0.317. The highest BCUT2D eigenvalue weighted by Crippen LogP contribution is 2.24. The summed E-state index contributed by atoms with van der Waals surface area (Å²) in [5, 5.41) is 2.93. The number of amides is 1. The van der Waals surface area contributed by atoms with Crippen molar-refractivity contribution in [3.05, 3.63) is 95.6 Å². The normalized spacial score (nSPS) is 11.3. The van der Waals surface area contributed by atoms with Gasteiger partial charge in [0, 0.05) is 0 Å². The van der Waals surface area contributed by atoms with Crippen LogP contribution in [0.3, 0.4) is 0 Å². The molecule has 0 unspecified atom stereocenters. The molecule has 0 spiro atoms. The van der Waals surface area contributed by atoms with Gasteiger partial charge in [-0.3, -0.25) is 4.79 Å². The summed E-state index contributed by atoms with van der Waals surface area (Å²) in [5.41, 5.74) is 2.11. The number of nitrogens with one attached hydrogen (secondary N) is 1. The van der Waals surface area contributed by atoms with Crippen LogP contribution in [0.1, 0.15) is 27.5 Å². The SMILES string of the molecule is COc1ccc([C@@H](NC(=O)COC(=O)c2cccc(OC)c2)c2ccccc2)cc1. The van der Waals surface area contributed by atoms with Gasteiger partial charge in [-0.25, -0.2) is 4.79 Å². The quantitative estimate of drug-likeness (QED) is 0.578. The molecule has 6 heteroatoms. The first kappa shape index (κ1) is 20.9. The molecule has 30 heavy (non-hydrogen) atoms. The fourth-order valence-electron chi connectivity index (χ4n) is 2.97. The van der Waals surface area contributed by atoms with Crippen molar-refractivity contribution in [2.24, 2.45) is 0 Å². The van der Waals surface area contributed by atoms with E-state index in [9.17, 15) is 9.59 Å². The summed E-state index contributed by atoms with van der Waals surface area (Å²) in [6.45, 7) is -0.393. The molecule has 0 aliphatic heterocycles. The molecule has 3 aromatic carbocycles. The zero-order valence-electron chi connectivity index (χ0n) is 16.8. The largest absolute Gasteiger partial charge is 0.497 e. The highest BCUT2D eigenvalue weighted by Gasteiger charge is 2.18. The smallest absolute Gasteiger partial charge is 0.338 e. The molecule has 0 fully saturated rings. The molecule has 3 aromatic rings. The van der Waals surface area contributed by atoms with Crippen LogP contribution in [-0.4, -0.2) is 32.7 Å². The van der Waals surface area contributed by atoms with E-state index < -0.39 is 18.5 Å². The third kappa shape index (κ3) is 5.38. The lowest BCUT2D eigenvalue weighted by Gasteiger charge is -2.20. The van der Waals surface area contributed by atoms with Crippen molar-refractivity contribution < 1.29 is 23.8 Å². The van der Waals surface area contributed by atoms with E-state index in [0.717, 1.165) is 16.9 Å². The van der Waals surface area contributed by atoms with Gasteiger partial charge >= 0.3 is 5.97 Å². The van der Waals surface area contributed by atoms with Gasteiger partial charge in [0.15, 0.2) is 6.61 Å². The lowest BCUT2D eigenvalue weighted by molar-refractivity contribution is -0.124. The molecule has 0 saturated carbocycles. The lowest BCUT2D eigenvalue weighted by Crippen LogP contribution is -2.33. The predicted molar refractivity (Wildman–Crippen MR) is 113 cm³/mol. The van der Waals surface area contributed by atoms with E-state index in [1.807, 2.05) is 54.6 Å². The Kier molecular flexibility index (Phi) is 7.05. The monoisotopic (exact) mass is 405 g/mol. The zero-order valence-corrected chi connectivity index (χ0v) is 16.8. The maximum absolute atomic E-state index is 12.5. The first-order valence-electron chi connectivity index (χ1n) is 9.40. The van der Waals surface area contributed by atoms with E-state index in [-0.39, 0.29) is 6.04 Å². The molecule has 1 amide bonds. The van der Waals surface area contributed by atoms with E-state index in [1.165, 1.54) is 7.11 Å². The zero-order chi connectivity index (χ0) is 21.3. The van der Waals surface area contributed by atoms with Gasteiger partial charge in [0.2, 0.25) is 0 Å². The summed E-state index contributed by atoms with van der Waals surface area (Å²) in [4.78, 5) is 24.8. The molecule has 1 N–H and O–H groups in total. The topological polar surface area (TPSA) is 73.9 Å². The number of rotatable bonds is 8. The number of carbonyl (C=O) groups is 2. The molecular formula is C24H23NO5. The van der Waals surface area contributed by atoms with Gasteiger partial charge in [0.25, 0.3) is 5.91 Å². The number of esters is 1. The van der Waals surface area contributed by atoms with Gasteiger partial charge in [0.05, 0.1) is 25.8 Å². The Hall–Kier alpha value is -3.80. The Morgan fingerprint density at radius 1 is 0.800 bits per heavy atom. The fourth-order valence-corrected chi connectivity index (χ4v) is 2.97. The Bertz CT molecular complexity index is 986. The molecule has 0 heterocycles. The van der Waals surface area contributed by atoms with Gasteiger partial charge in [-0.1, -0.05) is 48.5 Å². The number of hydrogen-bond donors (Lipinski definition) is 1. The summed E-state index contributed by atoms with van der Waals surface area (Å²) >= 11 is 0. The molecule has 0 aromatic heterocycles. The second-order valence-corrected chi connectivity index (χ2v) is 6.49.